The van der Waals surface area contributed by atoms with E-state index in [9.17, 15) is 0 Å². The van der Waals surface area contributed by atoms with E-state index in [4.69, 9.17) is 4.52 Å². The van der Waals surface area contributed by atoms with Gasteiger partial charge in [-0.3, -0.25) is 4.98 Å². The average molecular weight is 325 g/mol. The summed E-state index contributed by atoms with van der Waals surface area (Å²) < 4.78 is 7.31. The quantitative estimate of drug-likeness (QED) is 0.757. The summed E-state index contributed by atoms with van der Waals surface area (Å²) in [5.74, 6) is 3.08. The van der Waals surface area contributed by atoms with Gasteiger partial charge in [-0.15, -0.1) is 0 Å². The Morgan fingerprint density at radius 3 is 3.12 bits per heavy atom. The summed E-state index contributed by atoms with van der Waals surface area (Å²) in [6.45, 7) is 3.44. The number of aromatic nitrogens is 6. The molecule has 24 heavy (non-hydrogen) atoms. The lowest BCUT2D eigenvalue weighted by molar-refractivity contribution is 0.320. The van der Waals surface area contributed by atoms with Gasteiger partial charge < -0.3 is 9.84 Å². The summed E-state index contributed by atoms with van der Waals surface area (Å²) in [5.41, 5.74) is 0.713. The summed E-state index contributed by atoms with van der Waals surface area (Å²) in [6, 6.07) is 5.95. The average Bonchev–Trinajstić information content (AvgIpc) is 3.27. The predicted molar refractivity (Wildman–Crippen MR) is 85.9 cm³/mol. The van der Waals surface area contributed by atoms with Crippen LogP contribution in [0.1, 0.15) is 30.9 Å². The van der Waals surface area contributed by atoms with Crippen LogP contribution in [0.3, 0.4) is 0 Å². The van der Waals surface area contributed by atoms with E-state index < -0.39 is 0 Å². The van der Waals surface area contributed by atoms with Crippen LogP contribution in [0.15, 0.2) is 28.9 Å². The van der Waals surface area contributed by atoms with Crippen molar-refractivity contribution in [1.82, 2.24) is 35.2 Å². The Morgan fingerprint density at radius 2 is 2.29 bits per heavy atom. The van der Waals surface area contributed by atoms with Crippen molar-refractivity contribution in [2.24, 2.45) is 0 Å². The highest BCUT2D eigenvalue weighted by molar-refractivity contribution is 5.46. The Labute approximate surface area is 139 Å². The monoisotopic (exact) mass is 325 g/mol. The number of fused-ring (bicyclic) bond motifs is 1. The second kappa shape index (κ2) is 6.48. The van der Waals surface area contributed by atoms with Crippen LogP contribution in [0.2, 0.25) is 0 Å². The summed E-state index contributed by atoms with van der Waals surface area (Å²) in [6.07, 6.45) is 4.55. The molecule has 3 aromatic heterocycles. The number of nitrogens with zero attached hydrogens (tertiary/aromatic N) is 6. The maximum absolute atomic E-state index is 5.30. The van der Waals surface area contributed by atoms with Crippen molar-refractivity contribution in [2.75, 3.05) is 0 Å². The maximum Gasteiger partial charge on any atom is 0.240 e. The lowest BCUT2D eigenvalue weighted by atomic mass is 10.1. The van der Waals surface area contributed by atoms with Crippen LogP contribution in [-0.2, 0) is 25.9 Å². The van der Waals surface area contributed by atoms with Crippen LogP contribution in [-0.4, -0.2) is 35.9 Å². The molecule has 0 saturated carbocycles. The Morgan fingerprint density at radius 1 is 1.33 bits per heavy atom. The molecule has 1 atom stereocenters. The van der Waals surface area contributed by atoms with E-state index in [1.165, 1.54) is 0 Å². The molecule has 0 amide bonds. The fourth-order valence-electron chi connectivity index (χ4n) is 2.83. The van der Waals surface area contributed by atoms with E-state index >= 15 is 0 Å². The molecular weight excluding hydrogens is 306 g/mol. The van der Waals surface area contributed by atoms with Crippen LogP contribution < -0.4 is 5.32 Å². The van der Waals surface area contributed by atoms with Crippen molar-refractivity contribution in [3.8, 4) is 11.5 Å². The highest BCUT2D eigenvalue weighted by atomic mass is 16.5. The molecule has 0 radical (unpaired) electrons. The molecule has 4 heterocycles. The first-order valence-electron chi connectivity index (χ1n) is 8.22. The molecule has 124 valence electrons. The highest BCUT2D eigenvalue weighted by Crippen LogP contribution is 2.15. The number of nitrogens with one attached hydrogen (secondary N) is 1. The lowest BCUT2D eigenvalue weighted by Gasteiger charge is -2.22. The standard InChI is InChI=1S/C16H19N7O/c1-2-13-19-14-7-6-11(10-23(14)21-13)18-9-15-20-16(22-24-15)12-5-3-4-8-17-12/h3-5,8,11,18H,2,6-7,9-10H2,1H3/t11-/m1/s1. The molecule has 0 fully saturated rings. The van der Waals surface area contributed by atoms with Crippen LogP contribution in [0.25, 0.3) is 11.5 Å². The summed E-state index contributed by atoms with van der Waals surface area (Å²) in [5, 5.41) is 12.0. The molecule has 1 N–H and O–H groups in total. The van der Waals surface area contributed by atoms with Gasteiger partial charge in [-0.1, -0.05) is 18.1 Å². The van der Waals surface area contributed by atoms with Crippen LogP contribution in [0, 0.1) is 0 Å². The van der Waals surface area contributed by atoms with Gasteiger partial charge in [0.25, 0.3) is 0 Å². The Hall–Kier alpha value is -2.61. The molecule has 3 aromatic rings. The van der Waals surface area contributed by atoms with Crippen molar-refractivity contribution in [2.45, 2.75) is 45.3 Å². The van der Waals surface area contributed by atoms with E-state index in [-0.39, 0.29) is 0 Å². The normalized spacial score (nSPS) is 17.0. The first-order chi connectivity index (χ1) is 11.8. The third-order valence-electron chi connectivity index (χ3n) is 4.12. The van der Waals surface area contributed by atoms with Gasteiger partial charge >= 0.3 is 0 Å². The molecule has 0 bridgehead atoms. The van der Waals surface area contributed by atoms with Gasteiger partial charge in [-0.05, 0) is 18.6 Å². The number of hydrogen-bond acceptors (Lipinski definition) is 7. The van der Waals surface area contributed by atoms with Crippen molar-refractivity contribution in [1.29, 1.82) is 0 Å². The molecule has 8 heteroatoms. The molecule has 8 nitrogen and oxygen atoms in total. The fraction of sp³-hybridized carbons (Fsp3) is 0.438. The molecule has 0 spiro atoms. The Bertz CT molecular complexity index is 811. The van der Waals surface area contributed by atoms with Gasteiger partial charge in [0.1, 0.15) is 11.5 Å². The second-order valence-electron chi connectivity index (χ2n) is 5.82. The van der Waals surface area contributed by atoms with Gasteiger partial charge in [0.15, 0.2) is 5.82 Å². The third kappa shape index (κ3) is 3.05. The molecule has 0 aliphatic carbocycles. The molecule has 0 unspecified atom stereocenters. The van der Waals surface area contributed by atoms with Crippen molar-refractivity contribution in [3.05, 3.63) is 41.9 Å². The van der Waals surface area contributed by atoms with E-state index in [1.54, 1.807) is 6.20 Å². The minimum absolute atomic E-state index is 0.328. The van der Waals surface area contributed by atoms with Crippen LogP contribution in [0.4, 0.5) is 0 Å². The van der Waals surface area contributed by atoms with Gasteiger partial charge in [0.05, 0.1) is 13.1 Å². The summed E-state index contributed by atoms with van der Waals surface area (Å²) in [7, 11) is 0. The van der Waals surface area contributed by atoms with Gasteiger partial charge in [0.2, 0.25) is 11.7 Å². The molecular formula is C16H19N7O. The minimum atomic E-state index is 0.328. The molecule has 0 saturated heterocycles. The lowest BCUT2D eigenvalue weighted by Crippen LogP contribution is -2.37. The Balaban J connectivity index is 1.37. The molecule has 1 aliphatic heterocycles. The number of rotatable bonds is 5. The minimum Gasteiger partial charge on any atom is -0.337 e. The largest absolute Gasteiger partial charge is 0.337 e. The number of aryl methyl sites for hydroxylation is 2. The molecule has 1 aliphatic rings. The second-order valence-corrected chi connectivity index (χ2v) is 5.82. The topological polar surface area (TPSA) is 94.6 Å². The maximum atomic E-state index is 5.30. The van der Waals surface area contributed by atoms with E-state index in [0.717, 1.165) is 37.5 Å². The van der Waals surface area contributed by atoms with Crippen LogP contribution >= 0.6 is 0 Å². The summed E-state index contributed by atoms with van der Waals surface area (Å²) >= 11 is 0. The van der Waals surface area contributed by atoms with E-state index in [0.29, 0.717) is 30.0 Å². The third-order valence-corrected chi connectivity index (χ3v) is 4.12. The first-order valence-corrected chi connectivity index (χ1v) is 8.22. The first kappa shape index (κ1) is 14.9. The number of pyridine rings is 1. The van der Waals surface area contributed by atoms with Crippen molar-refractivity contribution in [3.63, 3.8) is 0 Å². The van der Waals surface area contributed by atoms with Crippen LogP contribution in [0.5, 0.6) is 0 Å². The summed E-state index contributed by atoms with van der Waals surface area (Å²) in [4.78, 5) is 13.1. The van der Waals surface area contributed by atoms with Crippen molar-refractivity contribution < 1.29 is 4.52 Å². The zero-order valence-electron chi connectivity index (χ0n) is 13.5. The molecule has 4 rings (SSSR count). The number of hydrogen-bond donors (Lipinski definition) is 1. The van der Waals surface area contributed by atoms with Gasteiger partial charge in [-0.25, -0.2) is 9.67 Å². The predicted octanol–water partition coefficient (Wildman–Crippen LogP) is 1.39. The molecule has 0 aromatic carbocycles. The highest BCUT2D eigenvalue weighted by Gasteiger charge is 2.21. The smallest absolute Gasteiger partial charge is 0.240 e. The zero-order valence-corrected chi connectivity index (χ0v) is 13.5. The van der Waals surface area contributed by atoms with E-state index in [2.05, 4.69) is 37.4 Å². The van der Waals surface area contributed by atoms with Gasteiger partial charge in [0, 0.05) is 25.1 Å². The SMILES string of the molecule is CCc1nc2n(n1)C[C@H](NCc1nc(-c3ccccn3)no1)CC2. The fourth-order valence-corrected chi connectivity index (χ4v) is 2.83. The van der Waals surface area contributed by atoms with Crippen molar-refractivity contribution >= 4 is 0 Å². The van der Waals surface area contributed by atoms with E-state index in [1.807, 2.05) is 22.9 Å². The van der Waals surface area contributed by atoms with Gasteiger partial charge in [-0.2, -0.15) is 10.1 Å². The zero-order chi connectivity index (χ0) is 16.4. The Kier molecular flexibility index (Phi) is 4.04.